The van der Waals surface area contributed by atoms with E-state index < -0.39 is 0 Å². The lowest BCUT2D eigenvalue weighted by atomic mass is 10.1. The zero-order chi connectivity index (χ0) is 11.3. The Morgan fingerprint density at radius 2 is 2.13 bits per heavy atom. The van der Waals surface area contributed by atoms with Crippen molar-refractivity contribution in [2.75, 3.05) is 14.2 Å². The molecule has 1 aromatic carbocycles. The molecule has 4 nitrogen and oxygen atoms in total. The number of ether oxygens (including phenoxy) is 2. The van der Waals surface area contributed by atoms with Crippen LogP contribution in [0.25, 0.3) is 0 Å². The van der Waals surface area contributed by atoms with Crippen LogP contribution in [-0.4, -0.2) is 20.1 Å². The van der Waals surface area contributed by atoms with Crippen LogP contribution in [-0.2, 0) is 17.8 Å². The summed E-state index contributed by atoms with van der Waals surface area (Å²) in [6.45, 7) is 0.495. The Morgan fingerprint density at radius 1 is 1.40 bits per heavy atom. The minimum Gasteiger partial charge on any atom is -0.496 e. The third-order valence-electron chi connectivity index (χ3n) is 2.04. The Kier molecular flexibility index (Phi) is 4.12. The van der Waals surface area contributed by atoms with Crippen LogP contribution in [0.2, 0.25) is 0 Å². The molecule has 0 heterocycles. The lowest BCUT2D eigenvalue weighted by Crippen LogP contribution is -2.12. The molecule has 15 heavy (non-hydrogen) atoms. The van der Waals surface area contributed by atoms with Gasteiger partial charge in [0.15, 0.2) is 0 Å². The first-order chi connectivity index (χ1) is 7.17. The van der Waals surface area contributed by atoms with Crippen LogP contribution in [0.4, 0.5) is 0 Å². The van der Waals surface area contributed by atoms with Crippen molar-refractivity contribution in [2.24, 2.45) is 5.73 Å². The van der Waals surface area contributed by atoms with Gasteiger partial charge in [-0.2, -0.15) is 0 Å². The molecule has 1 aromatic rings. The quantitative estimate of drug-likeness (QED) is 0.566. The maximum absolute atomic E-state index is 7.22. The van der Waals surface area contributed by atoms with Gasteiger partial charge in [0, 0.05) is 19.1 Å². The summed E-state index contributed by atoms with van der Waals surface area (Å²) in [5.41, 5.74) is 7.31. The highest BCUT2D eigenvalue weighted by Crippen LogP contribution is 2.20. The molecule has 0 saturated carbocycles. The Morgan fingerprint density at radius 3 is 2.67 bits per heavy atom. The smallest absolute Gasteiger partial charge is 0.124 e. The van der Waals surface area contributed by atoms with Crippen LogP contribution in [0.1, 0.15) is 11.1 Å². The second-order valence-electron chi connectivity index (χ2n) is 3.28. The third-order valence-corrected chi connectivity index (χ3v) is 2.04. The summed E-state index contributed by atoms with van der Waals surface area (Å²) in [5, 5.41) is 7.22. The van der Waals surface area contributed by atoms with Crippen LogP contribution in [0.15, 0.2) is 18.2 Å². The molecule has 0 fully saturated rings. The van der Waals surface area contributed by atoms with Gasteiger partial charge in [-0.25, -0.2) is 0 Å². The van der Waals surface area contributed by atoms with Crippen LogP contribution in [0.5, 0.6) is 5.75 Å². The molecule has 3 N–H and O–H groups in total. The minimum atomic E-state index is 0.156. The van der Waals surface area contributed by atoms with Crippen molar-refractivity contribution in [2.45, 2.75) is 13.0 Å². The molecule has 0 amide bonds. The van der Waals surface area contributed by atoms with Gasteiger partial charge < -0.3 is 15.2 Å². The summed E-state index contributed by atoms with van der Waals surface area (Å²) in [6.07, 6.45) is 0.459. The van der Waals surface area contributed by atoms with Crippen LogP contribution in [0.3, 0.4) is 0 Å². The highest BCUT2D eigenvalue weighted by atomic mass is 16.5. The highest BCUT2D eigenvalue weighted by Gasteiger charge is 2.04. The predicted molar refractivity (Wildman–Crippen MR) is 59.3 cm³/mol. The highest BCUT2D eigenvalue weighted by molar-refractivity contribution is 5.79. The lowest BCUT2D eigenvalue weighted by molar-refractivity contribution is 0.181. The first-order valence-corrected chi connectivity index (χ1v) is 4.65. The fourth-order valence-corrected chi connectivity index (χ4v) is 1.43. The third kappa shape index (κ3) is 3.25. The molecule has 0 aliphatic heterocycles. The second-order valence-corrected chi connectivity index (χ2v) is 3.28. The first kappa shape index (κ1) is 11.5. The predicted octanol–water partition coefficient (Wildman–Crippen LogP) is 1.32. The van der Waals surface area contributed by atoms with Crippen LogP contribution < -0.4 is 10.5 Å². The van der Waals surface area contributed by atoms with E-state index in [-0.39, 0.29) is 5.84 Å². The zero-order valence-electron chi connectivity index (χ0n) is 9.04. The van der Waals surface area contributed by atoms with E-state index in [1.54, 1.807) is 14.2 Å². The molecule has 1 rings (SSSR count). The number of benzene rings is 1. The van der Waals surface area contributed by atoms with E-state index in [2.05, 4.69) is 0 Å². The largest absolute Gasteiger partial charge is 0.496 e. The summed E-state index contributed by atoms with van der Waals surface area (Å²) >= 11 is 0. The number of methoxy groups -OCH3 is 2. The van der Waals surface area contributed by atoms with E-state index >= 15 is 0 Å². The van der Waals surface area contributed by atoms with Crippen molar-refractivity contribution in [1.82, 2.24) is 0 Å². The van der Waals surface area contributed by atoms with Crippen molar-refractivity contribution >= 4 is 5.84 Å². The van der Waals surface area contributed by atoms with Gasteiger partial charge in [0.05, 0.1) is 19.6 Å². The number of rotatable bonds is 5. The molecule has 0 bridgehead atoms. The van der Waals surface area contributed by atoms with E-state index in [0.29, 0.717) is 13.0 Å². The molecule has 0 aliphatic rings. The molecule has 0 unspecified atom stereocenters. The topological polar surface area (TPSA) is 68.3 Å². The van der Waals surface area contributed by atoms with Gasteiger partial charge in [-0.05, 0) is 17.7 Å². The maximum Gasteiger partial charge on any atom is 0.124 e. The Hall–Kier alpha value is -1.55. The number of nitrogens with one attached hydrogen (secondary N) is 1. The molecule has 4 heteroatoms. The minimum absolute atomic E-state index is 0.156. The maximum atomic E-state index is 7.22. The molecule has 0 spiro atoms. The first-order valence-electron chi connectivity index (χ1n) is 4.65. The summed E-state index contributed by atoms with van der Waals surface area (Å²) < 4.78 is 10.3. The molecule has 0 aromatic heterocycles. The average molecular weight is 208 g/mol. The van der Waals surface area contributed by atoms with E-state index in [0.717, 1.165) is 16.9 Å². The standard InChI is InChI=1S/C11H16N2O2/c1-14-7-9-5-8(6-11(12)13)3-4-10(9)15-2/h3-5H,6-7H2,1-2H3,(H3,12,13). The van der Waals surface area contributed by atoms with Gasteiger partial charge in [0.1, 0.15) is 5.75 Å². The second kappa shape index (κ2) is 5.36. The molecule has 82 valence electrons. The van der Waals surface area contributed by atoms with E-state index in [1.807, 2.05) is 18.2 Å². The zero-order valence-corrected chi connectivity index (χ0v) is 9.04. The van der Waals surface area contributed by atoms with E-state index in [9.17, 15) is 0 Å². The molecule has 0 aliphatic carbocycles. The SMILES string of the molecule is COCc1cc(CC(=N)N)ccc1OC. The van der Waals surface area contributed by atoms with Gasteiger partial charge in [0.25, 0.3) is 0 Å². The summed E-state index contributed by atoms with van der Waals surface area (Å²) in [7, 11) is 3.26. The fraction of sp³-hybridized carbons (Fsp3) is 0.364. The Balaban J connectivity index is 2.93. The van der Waals surface area contributed by atoms with Crippen molar-refractivity contribution in [3.63, 3.8) is 0 Å². The van der Waals surface area contributed by atoms with Gasteiger partial charge >= 0.3 is 0 Å². The lowest BCUT2D eigenvalue weighted by Gasteiger charge is -2.09. The molecule has 0 atom stereocenters. The molecular formula is C11H16N2O2. The number of hydrogen-bond donors (Lipinski definition) is 2. The summed E-state index contributed by atoms with van der Waals surface area (Å²) in [5.74, 6) is 0.952. The molecule has 0 radical (unpaired) electrons. The monoisotopic (exact) mass is 208 g/mol. The van der Waals surface area contributed by atoms with Crippen LogP contribution >= 0.6 is 0 Å². The van der Waals surface area contributed by atoms with Gasteiger partial charge in [-0.1, -0.05) is 6.07 Å². The van der Waals surface area contributed by atoms with Crippen LogP contribution in [0, 0.1) is 5.41 Å². The fourth-order valence-electron chi connectivity index (χ4n) is 1.43. The Labute approximate surface area is 89.5 Å². The summed E-state index contributed by atoms with van der Waals surface area (Å²) in [4.78, 5) is 0. The molecule has 0 saturated heterocycles. The van der Waals surface area contributed by atoms with Crippen molar-refractivity contribution in [3.05, 3.63) is 29.3 Å². The van der Waals surface area contributed by atoms with Crippen molar-refractivity contribution in [3.8, 4) is 5.75 Å². The Bertz CT molecular complexity index is 350. The number of nitrogens with two attached hydrogens (primary N) is 1. The molecular weight excluding hydrogens is 192 g/mol. The van der Waals surface area contributed by atoms with Crippen molar-refractivity contribution < 1.29 is 9.47 Å². The van der Waals surface area contributed by atoms with Gasteiger partial charge in [-0.15, -0.1) is 0 Å². The number of amidine groups is 1. The normalized spacial score (nSPS) is 10.0. The summed E-state index contributed by atoms with van der Waals surface area (Å²) in [6, 6.07) is 5.72. The average Bonchev–Trinajstić information content (AvgIpc) is 2.18. The van der Waals surface area contributed by atoms with Gasteiger partial charge in [-0.3, -0.25) is 5.41 Å². The van der Waals surface area contributed by atoms with E-state index in [1.165, 1.54) is 0 Å². The van der Waals surface area contributed by atoms with Gasteiger partial charge in [0.2, 0.25) is 0 Å². The van der Waals surface area contributed by atoms with Crippen molar-refractivity contribution in [1.29, 1.82) is 5.41 Å². The van der Waals surface area contributed by atoms with E-state index in [4.69, 9.17) is 20.6 Å². The number of hydrogen-bond acceptors (Lipinski definition) is 3.